The third kappa shape index (κ3) is 4.35. The average Bonchev–Trinajstić information content (AvgIpc) is 3.56. The number of halogens is 4. The topological polar surface area (TPSA) is 77.0 Å². The largest absolute Gasteiger partial charge is 0.332 e. The highest BCUT2D eigenvalue weighted by atomic mass is 19.3. The van der Waals surface area contributed by atoms with Crippen LogP contribution in [0.25, 0.3) is 22.5 Å². The molecule has 192 valence electrons. The Morgan fingerprint density at radius 3 is 2.49 bits per heavy atom. The lowest BCUT2D eigenvalue weighted by molar-refractivity contribution is -0.191. The van der Waals surface area contributed by atoms with Crippen molar-refractivity contribution in [3.63, 3.8) is 0 Å². The zero-order valence-electron chi connectivity index (χ0n) is 19.9. The first-order valence-corrected chi connectivity index (χ1v) is 12.0. The van der Waals surface area contributed by atoms with E-state index in [-0.39, 0.29) is 31.8 Å². The second-order valence-electron chi connectivity index (χ2n) is 9.06. The molecule has 1 aromatic heterocycles. The molecule has 0 bridgehead atoms. The Hall–Kier alpha value is -3.79. The van der Waals surface area contributed by atoms with Gasteiger partial charge in [0, 0.05) is 42.6 Å². The molecule has 0 unspecified atom stereocenters. The lowest BCUT2D eigenvalue weighted by Crippen LogP contribution is -2.42. The van der Waals surface area contributed by atoms with Crippen LogP contribution in [0.5, 0.6) is 0 Å². The molecule has 1 aliphatic carbocycles. The molecule has 0 saturated heterocycles. The van der Waals surface area contributed by atoms with E-state index in [1.807, 2.05) is 12.1 Å². The minimum absolute atomic E-state index is 0.144. The van der Waals surface area contributed by atoms with E-state index in [4.69, 9.17) is 5.73 Å². The number of amides is 1. The van der Waals surface area contributed by atoms with Crippen LogP contribution in [0.15, 0.2) is 72.3 Å². The molecule has 2 heterocycles. The van der Waals surface area contributed by atoms with Crippen molar-refractivity contribution >= 4 is 11.6 Å². The van der Waals surface area contributed by atoms with Crippen LogP contribution in [0.3, 0.4) is 0 Å². The Morgan fingerprint density at radius 1 is 1.03 bits per heavy atom. The van der Waals surface area contributed by atoms with Gasteiger partial charge in [0.1, 0.15) is 5.69 Å². The van der Waals surface area contributed by atoms with E-state index >= 15 is 0 Å². The molecule has 2 aromatic carbocycles. The van der Waals surface area contributed by atoms with Gasteiger partial charge in [-0.05, 0) is 18.1 Å². The molecule has 0 fully saturated rings. The van der Waals surface area contributed by atoms with Gasteiger partial charge in [0.15, 0.2) is 0 Å². The van der Waals surface area contributed by atoms with Crippen LogP contribution >= 0.6 is 0 Å². The summed E-state index contributed by atoms with van der Waals surface area (Å²) in [5, 5.41) is 8.38. The lowest BCUT2D eigenvalue weighted by atomic mass is 9.95. The fourth-order valence-corrected chi connectivity index (χ4v) is 4.77. The van der Waals surface area contributed by atoms with Crippen LogP contribution in [0.1, 0.15) is 24.8 Å². The van der Waals surface area contributed by atoms with Crippen molar-refractivity contribution in [2.45, 2.75) is 44.2 Å². The van der Waals surface area contributed by atoms with Crippen molar-refractivity contribution in [2.75, 3.05) is 11.4 Å². The number of aromatic nitrogens is 3. The second kappa shape index (κ2) is 9.59. The molecule has 37 heavy (non-hydrogen) atoms. The minimum atomic E-state index is -4.28. The number of nitrogens with two attached hydrogens (primary N) is 1. The van der Waals surface area contributed by atoms with Crippen LogP contribution in [-0.4, -0.2) is 39.3 Å². The number of anilines is 1. The van der Waals surface area contributed by atoms with E-state index in [1.54, 1.807) is 41.3 Å². The highest BCUT2D eigenvalue weighted by Gasteiger charge is 2.57. The van der Waals surface area contributed by atoms with Gasteiger partial charge < -0.3 is 10.6 Å². The maximum atomic E-state index is 14.8. The predicted molar refractivity (Wildman–Crippen MR) is 132 cm³/mol. The molecule has 0 spiro atoms. The summed E-state index contributed by atoms with van der Waals surface area (Å²) in [4.78, 5) is 14.6. The molecule has 0 saturated carbocycles. The summed E-state index contributed by atoms with van der Waals surface area (Å²) in [5.74, 6) is -8.73. The smallest absolute Gasteiger partial charge is 0.330 e. The van der Waals surface area contributed by atoms with Gasteiger partial charge in [0.25, 0.3) is 0 Å². The first-order valence-electron chi connectivity index (χ1n) is 12.0. The lowest BCUT2D eigenvalue weighted by Gasteiger charge is -2.29. The van der Waals surface area contributed by atoms with Crippen LogP contribution in [-0.2, 0) is 17.9 Å². The van der Waals surface area contributed by atoms with E-state index in [0.29, 0.717) is 28.2 Å². The van der Waals surface area contributed by atoms with Crippen molar-refractivity contribution in [3.8, 4) is 22.5 Å². The monoisotopic (exact) mass is 511 g/mol. The molecule has 5 rings (SSSR count). The van der Waals surface area contributed by atoms with Gasteiger partial charge in [-0.25, -0.2) is 4.68 Å². The number of hydrogen-bond donors (Lipinski definition) is 1. The molecular formula is C27H25F4N5O. The molecule has 1 amide bonds. The minimum Gasteiger partial charge on any atom is -0.330 e. The van der Waals surface area contributed by atoms with E-state index in [9.17, 15) is 22.4 Å². The number of alkyl halides is 4. The summed E-state index contributed by atoms with van der Waals surface area (Å²) in [6.07, 6.45) is 2.64. The molecule has 1 aliphatic heterocycles. The number of para-hydroxylation sites is 1. The Balaban J connectivity index is 1.57. The zero-order valence-corrected chi connectivity index (χ0v) is 19.9. The van der Waals surface area contributed by atoms with Gasteiger partial charge >= 0.3 is 11.8 Å². The summed E-state index contributed by atoms with van der Waals surface area (Å²) in [7, 11) is 0. The Kier molecular flexibility index (Phi) is 6.45. The zero-order chi connectivity index (χ0) is 26.2. The number of carbonyl (C=O) groups excluding carboxylic acids is 1. The second-order valence-corrected chi connectivity index (χ2v) is 9.06. The van der Waals surface area contributed by atoms with Crippen molar-refractivity contribution < 1.29 is 22.4 Å². The fourth-order valence-electron chi connectivity index (χ4n) is 4.77. The number of carbonyl (C=O) groups is 1. The van der Waals surface area contributed by atoms with E-state index < -0.39 is 30.4 Å². The summed E-state index contributed by atoms with van der Waals surface area (Å²) < 4.78 is 60.3. The van der Waals surface area contributed by atoms with Gasteiger partial charge in [-0.15, -0.1) is 5.10 Å². The van der Waals surface area contributed by atoms with Crippen molar-refractivity contribution in [1.29, 1.82) is 0 Å². The van der Waals surface area contributed by atoms with Gasteiger partial charge in [-0.1, -0.05) is 65.9 Å². The van der Waals surface area contributed by atoms with Crippen molar-refractivity contribution in [1.82, 2.24) is 15.0 Å². The van der Waals surface area contributed by atoms with Crippen LogP contribution in [0.2, 0.25) is 0 Å². The maximum Gasteiger partial charge on any atom is 0.332 e. The maximum absolute atomic E-state index is 14.8. The van der Waals surface area contributed by atoms with Crippen molar-refractivity contribution in [3.05, 3.63) is 77.9 Å². The standard InChI is InChI=1S/C27H25F4N5O/c28-26(29,27(30,31)19-8-2-3-9-19)14-16-36-25-20-10-4-1-7-18(20)17-35(23(37)13-15-32)22-12-6-5-11-21(22)24(25)33-34-36/h1-8,10-12H,9,13-17,32H2. The molecule has 10 heteroatoms. The number of hydrogen-bond acceptors (Lipinski definition) is 4. The van der Waals surface area contributed by atoms with Gasteiger partial charge in [0.2, 0.25) is 5.91 Å². The van der Waals surface area contributed by atoms with Crippen LogP contribution in [0, 0.1) is 0 Å². The highest BCUT2D eigenvalue weighted by Crippen LogP contribution is 2.46. The Morgan fingerprint density at radius 2 is 1.76 bits per heavy atom. The molecular weight excluding hydrogens is 486 g/mol. The molecule has 2 aliphatic rings. The molecule has 0 atom stereocenters. The van der Waals surface area contributed by atoms with Crippen molar-refractivity contribution in [2.24, 2.45) is 5.73 Å². The number of rotatable bonds is 7. The van der Waals surface area contributed by atoms with Gasteiger partial charge in [-0.3, -0.25) is 4.79 Å². The summed E-state index contributed by atoms with van der Waals surface area (Å²) in [5.41, 5.74) is 8.41. The van der Waals surface area contributed by atoms with E-state index in [0.717, 1.165) is 11.6 Å². The Bertz CT molecular complexity index is 1390. The summed E-state index contributed by atoms with van der Waals surface area (Å²) in [6.45, 7) is -0.0730. The average molecular weight is 512 g/mol. The third-order valence-electron chi connectivity index (χ3n) is 6.72. The number of nitrogens with zero attached hydrogens (tertiary/aromatic N) is 4. The molecule has 2 N–H and O–H groups in total. The van der Waals surface area contributed by atoms with Crippen LogP contribution < -0.4 is 10.6 Å². The fraction of sp³-hybridized carbons (Fsp3) is 0.296. The van der Waals surface area contributed by atoms with Gasteiger partial charge in [-0.2, -0.15) is 17.6 Å². The molecule has 6 nitrogen and oxygen atoms in total. The first kappa shape index (κ1) is 24.9. The highest BCUT2D eigenvalue weighted by molar-refractivity contribution is 6.00. The van der Waals surface area contributed by atoms with E-state index in [2.05, 4.69) is 10.3 Å². The third-order valence-corrected chi connectivity index (χ3v) is 6.72. The van der Waals surface area contributed by atoms with Gasteiger partial charge in [0.05, 0.1) is 17.9 Å². The normalized spacial score (nSPS) is 14.9. The number of benzene rings is 2. The van der Waals surface area contributed by atoms with Crippen LogP contribution in [0.4, 0.5) is 23.2 Å². The molecule has 3 aromatic rings. The Labute approximate surface area is 211 Å². The summed E-state index contributed by atoms with van der Waals surface area (Å²) in [6, 6.07) is 14.3. The SMILES string of the molecule is NCCC(=O)N1Cc2ccccc2-c2c(nnn2CCC(F)(F)C(F)(F)C2=CC=CC2)-c2ccccc21. The quantitative estimate of drug-likeness (QED) is 0.434. The summed E-state index contributed by atoms with van der Waals surface area (Å²) >= 11 is 0. The number of aryl methyl sites for hydroxylation is 1. The molecule has 0 radical (unpaired) electrons. The predicted octanol–water partition coefficient (Wildman–Crippen LogP) is 5.35. The number of allylic oxidation sites excluding steroid dienone is 4. The van der Waals surface area contributed by atoms with E-state index in [1.165, 1.54) is 16.8 Å². The number of fused-ring (bicyclic) bond motifs is 5. The first-order chi connectivity index (χ1) is 17.7.